The smallest absolute Gasteiger partial charge is 0.236 e. The summed E-state index contributed by atoms with van der Waals surface area (Å²) in [5.41, 5.74) is 1.70. The molecular formula is C22H22N2O4S. The SMILES string of the molecule is O=S(=O)(C=Cc1ccccc1)N1CCC(Oc2ccccc2-c2ccno2)CC1. The number of rotatable bonds is 6. The highest BCUT2D eigenvalue weighted by molar-refractivity contribution is 7.92. The second-order valence-corrected chi connectivity index (χ2v) is 8.67. The van der Waals surface area contributed by atoms with Gasteiger partial charge in [-0.25, -0.2) is 8.42 Å². The Bertz CT molecular complexity index is 1060. The Morgan fingerprint density at radius 3 is 2.45 bits per heavy atom. The lowest BCUT2D eigenvalue weighted by molar-refractivity contribution is 0.136. The van der Waals surface area contributed by atoms with Crippen LogP contribution in [0.15, 0.2) is 76.8 Å². The molecule has 2 aromatic carbocycles. The first kappa shape index (κ1) is 19.4. The topological polar surface area (TPSA) is 72.6 Å². The number of piperidine rings is 1. The van der Waals surface area contributed by atoms with E-state index < -0.39 is 10.0 Å². The second kappa shape index (κ2) is 8.63. The van der Waals surface area contributed by atoms with E-state index in [1.807, 2.05) is 54.6 Å². The minimum absolute atomic E-state index is 0.0522. The average molecular weight is 410 g/mol. The Morgan fingerprint density at radius 1 is 1.00 bits per heavy atom. The zero-order valence-electron chi connectivity index (χ0n) is 15.8. The maximum atomic E-state index is 12.6. The molecule has 0 aliphatic carbocycles. The lowest BCUT2D eigenvalue weighted by atomic mass is 10.1. The summed E-state index contributed by atoms with van der Waals surface area (Å²) >= 11 is 0. The Balaban J connectivity index is 1.38. The Labute approximate surface area is 170 Å². The van der Waals surface area contributed by atoms with E-state index in [0.717, 1.165) is 16.9 Å². The van der Waals surface area contributed by atoms with Crippen LogP contribution in [0.2, 0.25) is 0 Å². The fraction of sp³-hybridized carbons (Fsp3) is 0.227. The van der Waals surface area contributed by atoms with Crippen molar-refractivity contribution < 1.29 is 17.7 Å². The summed E-state index contributed by atoms with van der Waals surface area (Å²) in [7, 11) is -3.45. The van der Waals surface area contributed by atoms with Gasteiger partial charge in [-0.1, -0.05) is 47.6 Å². The van der Waals surface area contributed by atoms with Crippen LogP contribution in [0.4, 0.5) is 0 Å². The van der Waals surface area contributed by atoms with Crippen LogP contribution in [0.3, 0.4) is 0 Å². The molecule has 6 nitrogen and oxygen atoms in total. The van der Waals surface area contributed by atoms with Gasteiger partial charge in [0.25, 0.3) is 0 Å². The highest BCUT2D eigenvalue weighted by Crippen LogP contribution is 2.31. The molecule has 0 unspecified atom stereocenters. The monoisotopic (exact) mass is 410 g/mol. The van der Waals surface area contributed by atoms with Crippen molar-refractivity contribution in [2.45, 2.75) is 18.9 Å². The third-order valence-corrected chi connectivity index (χ3v) is 6.44. The third-order valence-electron chi connectivity index (χ3n) is 4.88. The number of ether oxygens (including phenoxy) is 1. The number of benzene rings is 2. The van der Waals surface area contributed by atoms with Crippen LogP contribution >= 0.6 is 0 Å². The van der Waals surface area contributed by atoms with E-state index in [0.29, 0.717) is 31.7 Å². The van der Waals surface area contributed by atoms with Gasteiger partial charge in [-0.15, -0.1) is 0 Å². The largest absolute Gasteiger partial charge is 0.490 e. The molecule has 1 fully saturated rings. The summed E-state index contributed by atoms with van der Waals surface area (Å²) in [4.78, 5) is 0. The van der Waals surface area contributed by atoms with Gasteiger partial charge in [0.2, 0.25) is 10.0 Å². The van der Waals surface area contributed by atoms with E-state index in [4.69, 9.17) is 9.26 Å². The number of hydrogen-bond acceptors (Lipinski definition) is 5. The average Bonchev–Trinajstić information content (AvgIpc) is 3.29. The van der Waals surface area contributed by atoms with Gasteiger partial charge < -0.3 is 9.26 Å². The molecule has 0 atom stereocenters. The molecule has 1 aliphatic rings. The van der Waals surface area contributed by atoms with Gasteiger partial charge in [0.1, 0.15) is 11.9 Å². The summed E-state index contributed by atoms with van der Waals surface area (Å²) in [6, 6.07) is 18.8. The molecule has 0 spiro atoms. The van der Waals surface area contributed by atoms with Gasteiger partial charge in [0.05, 0.1) is 11.8 Å². The normalized spacial score (nSPS) is 16.3. The first-order valence-corrected chi connectivity index (χ1v) is 11.0. The summed E-state index contributed by atoms with van der Waals surface area (Å²) in [5, 5.41) is 5.03. The van der Waals surface area contributed by atoms with Crippen molar-refractivity contribution in [3.05, 3.63) is 77.8 Å². The second-order valence-electron chi connectivity index (χ2n) is 6.85. The van der Waals surface area contributed by atoms with Crippen LogP contribution < -0.4 is 4.74 Å². The predicted octanol–water partition coefficient (Wildman–Crippen LogP) is 4.19. The maximum Gasteiger partial charge on any atom is 0.236 e. The molecule has 0 bridgehead atoms. The van der Waals surface area contributed by atoms with Crippen LogP contribution in [0, 0.1) is 0 Å². The molecule has 1 aromatic heterocycles. The number of aromatic nitrogens is 1. The van der Waals surface area contributed by atoms with Crippen LogP contribution in [-0.4, -0.2) is 37.1 Å². The van der Waals surface area contributed by atoms with Gasteiger partial charge >= 0.3 is 0 Å². The zero-order valence-corrected chi connectivity index (χ0v) is 16.7. The number of para-hydroxylation sites is 1. The minimum atomic E-state index is -3.45. The van der Waals surface area contributed by atoms with Gasteiger partial charge in [0.15, 0.2) is 5.76 Å². The van der Waals surface area contributed by atoms with Crippen LogP contribution in [0.1, 0.15) is 18.4 Å². The first-order valence-electron chi connectivity index (χ1n) is 9.52. The third kappa shape index (κ3) is 4.75. The van der Waals surface area contributed by atoms with E-state index in [9.17, 15) is 8.42 Å². The fourth-order valence-electron chi connectivity index (χ4n) is 3.33. The highest BCUT2D eigenvalue weighted by atomic mass is 32.2. The first-order chi connectivity index (χ1) is 14.1. The van der Waals surface area contributed by atoms with Gasteiger partial charge in [-0.2, -0.15) is 4.31 Å². The van der Waals surface area contributed by atoms with E-state index in [2.05, 4.69) is 5.16 Å². The Hall–Kier alpha value is -2.90. The highest BCUT2D eigenvalue weighted by Gasteiger charge is 2.28. The zero-order chi connectivity index (χ0) is 20.1. The molecule has 2 heterocycles. The molecule has 1 aliphatic heterocycles. The number of nitrogens with zero attached hydrogens (tertiary/aromatic N) is 2. The summed E-state index contributed by atoms with van der Waals surface area (Å²) in [5.74, 6) is 1.36. The van der Waals surface area contributed by atoms with Crippen molar-refractivity contribution in [3.8, 4) is 17.1 Å². The summed E-state index contributed by atoms with van der Waals surface area (Å²) in [6.45, 7) is 0.854. The van der Waals surface area contributed by atoms with E-state index >= 15 is 0 Å². The van der Waals surface area contributed by atoms with Crippen LogP contribution in [0.25, 0.3) is 17.4 Å². The standard InChI is InChI=1S/C22H22N2O4S/c25-29(26,17-13-18-6-2-1-3-7-18)24-15-11-19(12-16-24)27-21-9-5-4-8-20(21)22-10-14-23-28-22/h1-10,13-14,17,19H,11-12,15-16H2. The molecule has 0 N–H and O–H groups in total. The van der Waals surface area contributed by atoms with Crippen molar-refractivity contribution in [2.24, 2.45) is 0 Å². The lowest BCUT2D eigenvalue weighted by Crippen LogP contribution is -2.40. The molecule has 7 heteroatoms. The molecule has 150 valence electrons. The number of hydrogen-bond donors (Lipinski definition) is 0. The molecule has 0 saturated carbocycles. The van der Waals surface area contributed by atoms with Crippen molar-refractivity contribution >= 4 is 16.1 Å². The molecule has 1 saturated heterocycles. The molecule has 0 amide bonds. The van der Waals surface area contributed by atoms with E-state index in [-0.39, 0.29) is 6.10 Å². The van der Waals surface area contributed by atoms with Gasteiger partial charge in [-0.05, 0) is 36.6 Å². The Morgan fingerprint density at radius 2 is 1.72 bits per heavy atom. The van der Waals surface area contributed by atoms with Crippen molar-refractivity contribution in [1.29, 1.82) is 0 Å². The molecule has 0 radical (unpaired) electrons. The van der Waals surface area contributed by atoms with Crippen molar-refractivity contribution in [2.75, 3.05) is 13.1 Å². The fourth-order valence-corrected chi connectivity index (χ4v) is 4.55. The summed E-state index contributed by atoms with van der Waals surface area (Å²) < 4.78 is 38.2. The van der Waals surface area contributed by atoms with E-state index in [1.54, 1.807) is 18.3 Å². The molecule has 3 aromatic rings. The molecular weight excluding hydrogens is 388 g/mol. The molecule has 4 rings (SSSR count). The van der Waals surface area contributed by atoms with Crippen molar-refractivity contribution in [1.82, 2.24) is 9.46 Å². The van der Waals surface area contributed by atoms with E-state index in [1.165, 1.54) is 9.71 Å². The predicted molar refractivity (Wildman–Crippen MR) is 112 cm³/mol. The quantitative estimate of drug-likeness (QED) is 0.609. The lowest BCUT2D eigenvalue weighted by Gasteiger charge is -2.31. The number of sulfonamides is 1. The Kier molecular flexibility index (Phi) is 5.78. The van der Waals surface area contributed by atoms with Gasteiger partial charge in [-0.3, -0.25) is 0 Å². The maximum absolute atomic E-state index is 12.6. The van der Waals surface area contributed by atoms with Gasteiger partial charge in [0, 0.05) is 24.6 Å². The summed E-state index contributed by atoms with van der Waals surface area (Å²) in [6.07, 6.45) is 4.43. The minimum Gasteiger partial charge on any atom is -0.490 e. The molecule has 29 heavy (non-hydrogen) atoms. The van der Waals surface area contributed by atoms with Crippen LogP contribution in [-0.2, 0) is 10.0 Å². The van der Waals surface area contributed by atoms with Crippen LogP contribution in [0.5, 0.6) is 5.75 Å². The van der Waals surface area contributed by atoms with Crippen molar-refractivity contribution in [3.63, 3.8) is 0 Å².